The molecule has 2 atom stereocenters. The zero-order valence-electron chi connectivity index (χ0n) is 15.1. The number of hydrogen-bond acceptors (Lipinski definition) is 7. The molecular weight excluding hydrogens is 328 g/mol. The Bertz CT molecular complexity index is 474. The molecule has 1 aliphatic rings. The lowest BCUT2D eigenvalue weighted by Crippen LogP contribution is -2.32. The molecule has 25 heavy (non-hydrogen) atoms. The van der Waals surface area contributed by atoms with Crippen LogP contribution in [0.1, 0.15) is 39.5 Å². The van der Waals surface area contributed by atoms with E-state index in [1.54, 1.807) is 13.0 Å². The molecule has 0 N–H and O–H groups in total. The van der Waals surface area contributed by atoms with Gasteiger partial charge in [-0.1, -0.05) is 19.4 Å². The van der Waals surface area contributed by atoms with E-state index >= 15 is 0 Å². The molecule has 0 aromatic heterocycles. The largest absolute Gasteiger partial charge is 0.465 e. The first-order chi connectivity index (χ1) is 12.0. The highest BCUT2D eigenvalue weighted by atomic mass is 16.6. The summed E-state index contributed by atoms with van der Waals surface area (Å²) < 4.78 is 20.3. The van der Waals surface area contributed by atoms with Crippen molar-refractivity contribution in [2.75, 3.05) is 33.0 Å². The average Bonchev–Trinajstić information content (AvgIpc) is 3.35. The molecule has 0 spiro atoms. The van der Waals surface area contributed by atoms with Crippen molar-refractivity contribution in [3.05, 3.63) is 12.7 Å². The molecular formula is C18H28O7. The van der Waals surface area contributed by atoms with Crippen molar-refractivity contribution in [2.24, 2.45) is 11.3 Å². The van der Waals surface area contributed by atoms with Crippen LogP contribution in [0.4, 0.5) is 0 Å². The summed E-state index contributed by atoms with van der Waals surface area (Å²) in [5, 5.41) is 0. The molecule has 0 aromatic rings. The molecule has 0 aliphatic heterocycles. The second-order valence-electron chi connectivity index (χ2n) is 5.81. The molecule has 1 saturated carbocycles. The van der Waals surface area contributed by atoms with Crippen LogP contribution < -0.4 is 0 Å². The van der Waals surface area contributed by atoms with Gasteiger partial charge in [0.05, 0.1) is 19.8 Å². The maximum Gasteiger partial charge on any atom is 0.324 e. The number of esters is 3. The van der Waals surface area contributed by atoms with Gasteiger partial charge in [-0.3, -0.25) is 14.4 Å². The van der Waals surface area contributed by atoms with Crippen LogP contribution in [-0.2, 0) is 33.3 Å². The van der Waals surface area contributed by atoms with Crippen molar-refractivity contribution >= 4 is 17.9 Å². The molecule has 0 heterocycles. The van der Waals surface area contributed by atoms with Crippen molar-refractivity contribution < 1.29 is 33.3 Å². The maximum absolute atomic E-state index is 12.2. The van der Waals surface area contributed by atoms with E-state index in [0.717, 1.165) is 12.8 Å². The van der Waals surface area contributed by atoms with Gasteiger partial charge in [-0.05, 0) is 19.8 Å². The third-order valence-corrected chi connectivity index (χ3v) is 3.99. The number of unbranched alkanes of at least 4 members (excludes halogenated alkanes) is 1. The second kappa shape index (κ2) is 10.9. The zero-order chi connectivity index (χ0) is 18.7. The number of hydrogen-bond donors (Lipinski definition) is 0. The fourth-order valence-electron chi connectivity index (χ4n) is 2.42. The summed E-state index contributed by atoms with van der Waals surface area (Å²) in [4.78, 5) is 35.5. The predicted molar refractivity (Wildman–Crippen MR) is 89.6 cm³/mol. The molecule has 1 rings (SSSR count). The molecule has 0 bridgehead atoms. The minimum absolute atomic E-state index is 0.0215. The van der Waals surface area contributed by atoms with E-state index in [1.165, 1.54) is 0 Å². The van der Waals surface area contributed by atoms with Crippen LogP contribution in [0.15, 0.2) is 12.7 Å². The summed E-state index contributed by atoms with van der Waals surface area (Å²) in [6.07, 6.45) is 4.10. The van der Waals surface area contributed by atoms with Crippen LogP contribution in [0, 0.1) is 11.3 Å². The van der Waals surface area contributed by atoms with Crippen LogP contribution in [0.2, 0.25) is 0 Å². The molecule has 0 radical (unpaired) electrons. The van der Waals surface area contributed by atoms with Crippen molar-refractivity contribution in [3.63, 3.8) is 0 Å². The Kier molecular flexibility index (Phi) is 9.20. The molecule has 0 amide bonds. The van der Waals surface area contributed by atoms with E-state index in [1.807, 2.05) is 6.92 Å². The monoisotopic (exact) mass is 356 g/mol. The van der Waals surface area contributed by atoms with Gasteiger partial charge < -0.3 is 18.9 Å². The van der Waals surface area contributed by atoms with Crippen LogP contribution >= 0.6 is 0 Å². The SMILES string of the molecule is C=CC1CC1(C(=O)OCC)C(=O)OCCOCCOC(=O)CCCC. The van der Waals surface area contributed by atoms with Crippen molar-refractivity contribution in [3.8, 4) is 0 Å². The Morgan fingerprint density at radius 3 is 2.24 bits per heavy atom. The highest BCUT2D eigenvalue weighted by molar-refractivity contribution is 6.04. The third kappa shape index (κ3) is 6.16. The Labute approximate surface area is 148 Å². The number of ether oxygens (including phenoxy) is 4. The standard InChI is InChI=1S/C18H28O7/c1-4-7-8-15(19)24-11-9-22-10-12-25-17(21)18(13-14(18)5-2)16(20)23-6-3/h5,14H,2,4,6-13H2,1,3H3. The summed E-state index contributed by atoms with van der Waals surface area (Å²) in [5.41, 5.74) is -1.24. The first-order valence-corrected chi connectivity index (χ1v) is 8.73. The van der Waals surface area contributed by atoms with E-state index in [-0.39, 0.29) is 44.9 Å². The van der Waals surface area contributed by atoms with E-state index in [4.69, 9.17) is 18.9 Å². The van der Waals surface area contributed by atoms with E-state index in [2.05, 4.69) is 6.58 Å². The number of carbonyl (C=O) groups excluding carboxylic acids is 3. The van der Waals surface area contributed by atoms with Gasteiger partial charge in [-0.25, -0.2) is 0 Å². The molecule has 2 unspecified atom stereocenters. The Balaban J connectivity index is 2.19. The van der Waals surface area contributed by atoms with Gasteiger partial charge in [0.25, 0.3) is 0 Å². The quantitative estimate of drug-likeness (QED) is 0.164. The summed E-state index contributed by atoms with van der Waals surface area (Å²) >= 11 is 0. The highest BCUT2D eigenvalue weighted by Gasteiger charge is 2.67. The van der Waals surface area contributed by atoms with Crippen molar-refractivity contribution in [1.82, 2.24) is 0 Å². The Morgan fingerprint density at radius 1 is 1.04 bits per heavy atom. The lowest BCUT2D eigenvalue weighted by atomic mass is 10.0. The minimum atomic E-state index is -1.24. The normalized spacial score (nSPS) is 21.3. The fraction of sp³-hybridized carbons (Fsp3) is 0.722. The molecule has 142 valence electrons. The van der Waals surface area contributed by atoms with E-state index < -0.39 is 17.4 Å². The molecule has 7 nitrogen and oxygen atoms in total. The summed E-state index contributed by atoms with van der Waals surface area (Å²) in [6, 6.07) is 0. The smallest absolute Gasteiger partial charge is 0.324 e. The molecule has 1 fully saturated rings. The number of carbonyl (C=O) groups is 3. The highest BCUT2D eigenvalue weighted by Crippen LogP contribution is 2.55. The molecule has 1 aliphatic carbocycles. The van der Waals surface area contributed by atoms with Crippen LogP contribution in [-0.4, -0.2) is 50.9 Å². The predicted octanol–water partition coefficient (Wildman–Crippen LogP) is 2.03. The van der Waals surface area contributed by atoms with Gasteiger partial charge in [0, 0.05) is 12.3 Å². The van der Waals surface area contributed by atoms with Crippen LogP contribution in [0.3, 0.4) is 0 Å². The second-order valence-corrected chi connectivity index (χ2v) is 5.81. The van der Waals surface area contributed by atoms with Gasteiger partial charge >= 0.3 is 17.9 Å². The molecule has 0 saturated heterocycles. The first kappa shape index (κ1) is 21.2. The summed E-state index contributed by atoms with van der Waals surface area (Å²) in [5.74, 6) is -1.66. The van der Waals surface area contributed by atoms with Crippen LogP contribution in [0.25, 0.3) is 0 Å². The Hall–Kier alpha value is -1.89. The summed E-state index contributed by atoms with van der Waals surface area (Å²) in [6.45, 7) is 8.10. The van der Waals surface area contributed by atoms with E-state index in [0.29, 0.717) is 12.8 Å². The van der Waals surface area contributed by atoms with Gasteiger partial charge in [0.1, 0.15) is 13.2 Å². The van der Waals surface area contributed by atoms with Gasteiger partial charge in [0.2, 0.25) is 0 Å². The minimum Gasteiger partial charge on any atom is -0.465 e. The van der Waals surface area contributed by atoms with Crippen molar-refractivity contribution in [2.45, 2.75) is 39.5 Å². The molecule has 7 heteroatoms. The zero-order valence-corrected chi connectivity index (χ0v) is 15.1. The fourth-order valence-corrected chi connectivity index (χ4v) is 2.42. The van der Waals surface area contributed by atoms with Gasteiger partial charge in [-0.15, -0.1) is 6.58 Å². The molecule has 0 aromatic carbocycles. The van der Waals surface area contributed by atoms with Gasteiger partial charge in [0.15, 0.2) is 5.41 Å². The Morgan fingerprint density at radius 2 is 1.68 bits per heavy atom. The number of rotatable bonds is 13. The maximum atomic E-state index is 12.2. The third-order valence-electron chi connectivity index (χ3n) is 3.99. The lowest BCUT2D eigenvalue weighted by Gasteiger charge is -2.14. The van der Waals surface area contributed by atoms with E-state index in [9.17, 15) is 14.4 Å². The lowest BCUT2D eigenvalue weighted by molar-refractivity contribution is -0.165. The average molecular weight is 356 g/mol. The van der Waals surface area contributed by atoms with Gasteiger partial charge in [-0.2, -0.15) is 0 Å². The first-order valence-electron chi connectivity index (χ1n) is 8.73. The number of allylic oxidation sites excluding steroid dienone is 1. The van der Waals surface area contributed by atoms with Crippen molar-refractivity contribution in [1.29, 1.82) is 0 Å². The topological polar surface area (TPSA) is 88.1 Å². The summed E-state index contributed by atoms with van der Waals surface area (Å²) in [7, 11) is 0. The van der Waals surface area contributed by atoms with Crippen LogP contribution in [0.5, 0.6) is 0 Å².